The van der Waals surface area contributed by atoms with Gasteiger partial charge in [-0.2, -0.15) is 0 Å². The molecule has 5 heteroatoms. The van der Waals surface area contributed by atoms with Crippen molar-refractivity contribution in [2.75, 3.05) is 0 Å². The van der Waals surface area contributed by atoms with Crippen LogP contribution < -0.4 is 5.32 Å². The topological polar surface area (TPSA) is 42.7 Å². The van der Waals surface area contributed by atoms with E-state index in [2.05, 4.69) is 22.4 Å². The lowest BCUT2D eigenvalue weighted by molar-refractivity contribution is 0.445. The number of nitrogens with zero attached hydrogens (tertiary/aromatic N) is 3. The molecular weight excluding hydrogens is 255 g/mol. The van der Waals surface area contributed by atoms with Crippen molar-refractivity contribution >= 4 is 0 Å². The van der Waals surface area contributed by atoms with E-state index in [1.807, 2.05) is 10.6 Å². The van der Waals surface area contributed by atoms with E-state index in [0.717, 1.165) is 37.2 Å². The van der Waals surface area contributed by atoms with Gasteiger partial charge in [-0.05, 0) is 49.4 Å². The first kappa shape index (κ1) is 13.2. The fraction of sp³-hybridized carbons (Fsp3) is 0.467. The van der Waals surface area contributed by atoms with Crippen molar-refractivity contribution in [2.24, 2.45) is 0 Å². The van der Waals surface area contributed by atoms with Crippen molar-refractivity contribution in [3.63, 3.8) is 0 Å². The molecule has 1 atom stereocenters. The van der Waals surface area contributed by atoms with Crippen LogP contribution in [0.5, 0.6) is 0 Å². The third-order valence-corrected chi connectivity index (χ3v) is 3.96. The summed E-state index contributed by atoms with van der Waals surface area (Å²) >= 11 is 0. The van der Waals surface area contributed by atoms with E-state index in [-0.39, 0.29) is 11.9 Å². The fourth-order valence-corrected chi connectivity index (χ4v) is 2.89. The SMILES string of the molecule is CCn1cnnc1CN[C@@H]1CCCc2cc(F)ccc21. The van der Waals surface area contributed by atoms with Gasteiger partial charge in [0, 0.05) is 12.6 Å². The molecule has 1 aliphatic rings. The Morgan fingerprint density at radius 2 is 2.35 bits per heavy atom. The number of benzene rings is 1. The standard InChI is InChI=1S/C15H19FN4/c1-2-20-10-18-19-15(20)9-17-14-5-3-4-11-8-12(16)6-7-13(11)14/h6-8,10,14,17H,2-5,9H2,1H3/t14-/m1/s1. The summed E-state index contributed by atoms with van der Waals surface area (Å²) in [5, 5.41) is 11.6. The number of halogens is 1. The number of aryl methyl sites for hydroxylation is 2. The quantitative estimate of drug-likeness (QED) is 0.932. The Kier molecular flexibility index (Phi) is 3.78. The molecule has 106 valence electrons. The van der Waals surface area contributed by atoms with Gasteiger partial charge in [-0.15, -0.1) is 10.2 Å². The van der Waals surface area contributed by atoms with Crippen LogP contribution in [0.25, 0.3) is 0 Å². The van der Waals surface area contributed by atoms with Gasteiger partial charge >= 0.3 is 0 Å². The Hall–Kier alpha value is -1.75. The van der Waals surface area contributed by atoms with Gasteiger partial charge in [0.05, 0.1) is 6.54 Å². The van der Waals surface area contributed by atoms with Crippen LogP contribution in [0.3, 0.4) is 0 Å². The van der Waals surface area contributed by atoms with Crippen LogP contribution in [0, 0.1) is 5.82 Å². The number of aromatic nitrogens is 3. The first-order chi connectivity index (χ1) is 9.78. The van der Waals surface area contributed by atoms with E-state index < -0.39 is 0 Å². The molecule has 0 radical (unpaired) electrons. The maximum atomic E-state index is 13.3. The molecule has 0 saturated heterocycles. The summed E-state index contributed by atoms with van der Waals surface area (Å²) in [5.74, 6) is 0.803. The molecule has 1 heterocycles. The second kappa shape index (κ2) is 5.71. The molecule has 1 N–H and O–H groups in total. The molecule has 1 aromatic carbocycles. The normalized spacial score (nSPS) is 18.0. The lowest BCUT2D eigenvalue weighted by Gasteiger charge is -2.26. The molecule has 0 unspecified atom stereocenters. The number of nitrogens with one attached hydrogen (secondary N) is 1. The van der Waals surface area contributed by atoms with Crippen molar-refractivity contribution in [1.29, 1.82) is 0 Å². The molecule has 1 aliphatic carbocycles. The number of hydrogen-bond donors (Lipinski definition) is 1. The highest BCUT2D eigenvalue weighted by Gasteiger charge is 2.20. The zero-order chi connectivity index (χ0) is 13.9. The van der Waals surface area contributed by atoms with Gasteiger partial charge in [0.2, 0.25) is 0 Å². The Bertz CT molecular complexity index is 593. The first-order valence-electron chi connectivity index (χ1n) is 7.16. The molecule has 4 nitrogen and oxygen atoms in total. The molecule has 2 aromatic rings. The summed E-state index contributed by atoms with van der Waals surface area (Å²) in [7, 11) is 0. The summed E-state index contributed by atoms with van der Waals surface area (Å²) < 4.78 is 15.3. The fourth-order valence-electron chi connectivity index (χ4n) is 2.89. The maximum Gasteiger partial charge on any atom is 0.146 e. The van der Waals surface area contributed by atoms with Crippen molar-refractivity contribution in [3.8, 4) is 0 Å². The van der Waals surface area contributed by atoms with E-state index in [1.54, 1.807) is 18.5 Å². The predicted octanol–water partition coefficient (Wildman–Crippen LogP) is 2.60. The Labute approximate surface area is 118 Å². The maximum absolute atomic E-state index is 13.3. The van der Waals surface area contributed by atoms with Crippen LogP contribution in [-0.2, 0) is 19.5 Å². The molecule has 0 aliphatic heterocycles. The minimum atomic E-state index is -0.143. The van der Waals surface area contributed by atoms with Crippen LogP contribution >= 0.6 is 0 Å². The second-order valence-corrected chi connectivity index (χ2v) is 5.20. The monoisotopic (exact) mass is 274 g/mol. The highest BCUT2D eigenvalue weighted by molar-refractivity contribution is 5.32. The molecule has 3 rings (SSSR count). The largest absolute Gasteiger partial charge is 0.317 e. The minimum absolute atomic E-state index is 0.143. The third kappa shape index (κ3) is 2.58. The molecule has 0 spiro atoms. The van der Waals surface area contributed by atoms with E-state index in [0.29, 0.717) is 6.54 Å². The molecule has 1 aromatic heterocycles. The average Bonchev–Trinajstić information content (AvgIpc) is 2.92. The highest BCUT2D eigenvalue weighted by atomic mass is 19.1. The summed E-state index contributed by atoms with van der Waals surface area (Å²) in [5.41, 5.74) is 2.35. The van der Waals surface area contributed by atoms with Gasteiger partial charge in [-0.1, -0.05) is 6.07 Å². The first-order valence-corrected chi connectivity index (χ1v) is 7.16. The highest BCUT2D eigenvalue weighted by Crippen LogP contribution is 2.30. The van der Waals surface area contributed by atoms with Crippen LogP contribution in [0.4, 0.5) is 4.39 Å². The average molecular weight is 274 g/mol. The van der Waals surface area contributed by atoms with E-state index >= 15 is 0 Å². The lowest BCUT2D eigenvalue weighted by atomic mass is 9.87. The Morgan fingerprint density at radius 1 is 1.45 bits per heavy atom. The lowest BCUT2D eigenvalue weighted by Crippen LogP contribution is -2.26. The second-order valence-electron chi connectivity index (χ2n) is 5.20. The van der Waals surface area contributed by atoms with Crippen LogP contribution in [0.15, 0.2) is 24.5 Å². The van der Waals surface area contributed by atoms with Crippen molar-refractivity contribution < 1.29 is 4.39 Å². The number of fused-ring (bicyclic) bond motifs is 1. The molecule has 0 fully saturated rings. The van der Waals surface area contributed by atoms with Gasteiger partial charge in [0.15, 0.2) is 0 Å². The van der Waals surface area contributed by atoms with Crippen molar-refractivity contribution in [3.05, 3.63) is 47.3 Å². The van der Waals surface area contributed by atoms with E-state index in [1.165, 1.54) is 5.56 Å². The molecule has 20 heavy (non-hydrogen) atoms. The van der Waals surface area contributed by atoms with Gasteiger partial charge < -0.3 is 9.88 Å². The summed E-state index contributed by atoms with van der Waals surface area (Å²) in [6.45, 7) is 3.64. The third-order valence-electron chi connectivity index (χ3n) is 3.96. The summed E-state index contributed by atoms with van der Waals surface area (Å²) in [6, 6.07) is 5.40. The van der Waals surface area contributed by atoms with E-state index in [9.17, 15) is 4.39 Å². The van der Waals surface area contributed by atoms with Crippen LogP contribution in [0.1, 0.15) is 42.8 Å². The predicted molar refractivity (Wildman–Crippen MR) is 74.6 cm³/mol. The van der Waals surface area contributed by atoms with Gasteiger partial charge in [0.1, 0.15) is 18.0 Å². The Balaban J connectivity index is 1.73. The van der Waals surface area contributed by atoms with Gasteiger partial charge in [-0.25, -0.2) is 4.39 Å². The zero-order valence-electron chi connectivity index (χ0n) is 11.6. The Morgan fingerprint density at radius 3 is 3.20 bits per heavy atom. The van der Waals surface area contributed by atoms with Gasteiger partial charge in [-0.3, -0.25) is 0 Å². The van der Waals surface area contributed by atoms with Crippen molar-refractivity contribution in [1.82, 2.24) is 20.1 Å². The van der Waals surface area contributed by atoms with E-state index in [4.69, 9.17) is 0 Å². The smallest absolute Gasteiger partial charge is 0.146 e. The summed E-state index contributed by atoms with van der Waals surface area (Å²) in [4.78, 5) is 0. The minimum Gasteiger partial charge on any atom is -0.317 e. The van der Waals surface area contributed by atoms with Gasteiger partial charge in [0.25, 0.3) is 0 Å². The summed E-state index contributed by atoms with van der Waals surface area (Å²) in [6.07, 6.45) is 4.89. The van der Waals surface area contributed by atoms with Crippen molar-refractivity contribution in [2.45, 2.75) is 45.3 Å². The molecule has 0 amide bonds. The zero-order valence-corrected chi connectivity index (χ0v) is 11.6. The van der Waals surface area contributed by atoms with Crippen LogP contribution in [-0.4, -0.2) is 14.8 Å². The van der Waals surface area contributed by atoms with Crippen LogP contribution in [0.2, 0.25) is 0 Å². The molecule has 0 saturated carbocycles. The number of hydrogen-bond acceptors (Lipinski definition) is 3. The molecule has 0 bridgehead atoms. The molecular formula is C15H19FN4. The number of rotatable bonds is 4.